The van der Waals surface area contributed by atoms with Gasteiger partial charge < -0.3 is 15.5 Å². The predicted molar refractivity (Wildman–Crippen MR) is 129 cm³/mol. The molecule has 172 valence electrons. The molecule has 2 N–H and O–H groups in total. The molecule has 0 saturated carbocycles. The normalized spacial score (nSPS) is 10.7. The third-order valence-corrected chi connectivity index (χ3v) is 5.01. The average molecular weight is 438 g/mol. The van der Waals surface area contributed by atoms with E-state index in [0.717, 1.165) is 24.8 Å². The van der Waals surface area contributed by atoms with Crippen LogP contribution in [-0.2, 0) is 16.0 Å². The van der Waals surface area contributed by atoms with E-state index in [-0.39, 0.29) is 36.7 Å². The first kappa shape index (κ1) is 25.1. The topological polar surface area (TPSA) is 78.5 Å². The van der Waals surface area contributed by atoms with Gasteiger partial charge in [-0.15, -0.1) is 0 Å². The van der Waals surface area contributed by atoms with Gasteiger partial charge in [-0.05, 0) is 55.5 Å². The van der Waals surface area contributed by atoms with Gasteiger partial charge in [0.1, 0.15) is 0 Å². The van der Waals surface area contributed by atoms with Crippen molar-refractivity contribution in [3.8, 4) is 0 Å². The van der Waals surface area contributed by atoms with Gasteiger partial charge in [0.25, 0.3) is 5.91 Å². The largest absolute Gasteiger partial charge is 0.345 e. The number of carbonyl (C=O) groups excluding carboxylic acids is 3. The number of unbranched alkanes of at least 4 members (excludes halogenated alkanes) is 1. The average Bonchev–Trinajstić information content (AvgIpc) is 2.77. The van der Waals surface area contributed by atoms with E-state index in [1.54, 1.807) is 4.90 Å². The maximum atomic E-state index is 13.0. The zero-order valence-electron chi connectivity index (χ0n) is 19.6. The minimum Gasteiger partial charge on any atom is -0.345 e. The summed E-state index contributed by atoms with van der Waals surface area (Å²) in [6.07, 6.45) is 3.24. The summed E-state index contributed by atoms with van der Waals surface area (Å²) in [6, 6.07) is 15.0. The number of benzene rings is 2. The number of aryl methyl sites for hydroxylation is 2. The van der Waals surface area contributed by atoms with Gasteiger partial charge in [0, 0.05) is 17.8 Å². The molecular formula is C26H35N3O3. The summed E-state index contributed by atoms with van der Waals surface area (Å²) < 4.78 is 0. The van der Waals surface area contributed by atoms with Crippen LogP contribution in [-0.4, -0.2) is 42.3 Å². The van der Waals surface area contributed by atoms with Gasteiger partial charge in [0.15, 0.2) is 0 Å². The van der Waals surface area contributed by atoms with Gasteiger partial charge >= 0.3 is 0 Å². The highest BCUT2D eigenvalue weighted by Gasteiger charge is 2.20. The van der Waals surface area contributed by atoms with Crippen molar-refractivity contribution in [3.63, 3.8) is 0 Å². The minimum absolute atomic E-state index is 0.0909. The van der Waals surface area contributed by atoms with Crippen LogP contribution in [0.1, 0.15) is 55.1 Å². The highest BCUT2D eigenvalue weighted by molar-refractivity contribution is 5.98. The molecule has 0 spiro atoms. The Labute approximate surface area is 191 Å². The number of hydrogen-bond acceptors (Lipinski definition) is 3. The molecule has 3 amide bonds. The Morgan fingerprint density at radius 2 is 1.59 bits per heavy atom. The summed E-state index contributed by atoms with van der Waals surface area (Å²) in [5, 5.41) is 5.36. The number of nitrogens with one attached hydrogen (secondary N) is 2. The summed E-state index contributed by atoms with van der Waals surface area (Å²) in [6.45, 7) is 8.34. The Morgan fingerprint density at radius 3 is 2.19 bits per heavy atom. The quantitative estimate of drug-likeness (QED) is 0.553. The molecule has 32 heavy (non-hydrogen) atoms. The molecule has 0 aliphatic carbocycles. The molecule has 0 heterocycles. The number of anilines is 1. The van der Waals surface area contributed by atoms with Crippen LogP contribution in [0.3, 0.4) is 0 Å². The number of carbonyl (C=O) groups is 3. The molecule has 0 atom stereocenters. The molecular weight excluding hydrogens is 402 g/mol. The molecule has 0 aliphatic rings. The molecule has 2 aromatic carbocycles. The predicted octanol–water partition coefficient (Wildman–Crippen LogP) is 4.19. The molecule has 0 unspecified atom stereocenters. The molecule has 0 saturated heterocycles. The maximum absolute atomic E-state index is 13.0. The van der Waals surface area contributed by atoms with E-state index in [1.165, 1.54) is 5.56 Å². The first-order valence-electron chi connectivity index (χ1n) is 11.3. The lowest BCUT2D eigenvalue weighted by atomic mass is 10.1. The summed E-state index contributed by atoms with van der Waals surface area (Å²) >= 11 is 0. The van der Waals surface area contributed by atoms with Crippen LogP contribution in [0.5, 0.6) is 0 Å². The molecule has 0 aromatic heterocycles. The van der Waals surface area contributed by atoms with Crippen LogP contribution in [0.2, 0.25) is 0 Å². The van der Waals surface area contributed by atoms with Crippen molar-refractivity contribution in [2.75, 3.05) is 25.0 Å². The lowest BCUT2D eigenvalue weighted by Crippen LogP contribution is -2.44. The number of nitrogens with zero attached hydrogens (tertiary/aromatic N) is 1. The van der Waals surface area contributed by atoms with Crippen LogP contribution < -0.4 is 10.6 Å². The summed E-state index contributed by atoms with van der Waals surface area (Å²) in [5.41, 5.74) is 3.54. The van der Waals surface area contributed by atoms with Crippen LogP contribution in [0.25, 0.3) is 0 Å². The van der Waals surface area contributed by atoms with E-state index in [0.29, 0.717) is 17.8 Å². The highest BCUT2D eigenvalue weighted by atomic mass is 16.2. The van der Waals surface area contributed by atoms with E-state index >= 15 is 0 Å². The molecule has 0 aliphatic heterocycles. The fourth-order valence-corrected chi connectivity index (χ4v) is 3.29. The first-order valence-corrected chi connectivity index (χ1v) is 11.3. The van der Waals surface area contributed by atoms with Crippen LogP contribution in [0, 0.1) is 12.8 Å². The van der Waals surface area contributed by atoms with Crippen molar-refractivity contribution in [2.45, 2.75) is 47.0 Å². The lowest BCUT2D eigenvalue weighted by Gasteiger charge is -2.24. The second-order valence-corrected chi connectivity index (χ2v) is 8.57. The molecule has 2 aromatic rings. The second-order valence-electron chi connectivity index (χ2n) is 8.57. The number of hydrogen-bond donors (Lipinski definition) is 2. The summed E-state index contributed by atoms with van der Waals surface area (Å²) in [7, 11) is 0. The van der Waals surface area contributed by atoms with E-state index < -0.39 is 0 Å². The Morgan fingerprint density at radius 1 is 0.938 bits per heavy atom. The molecule has 6 heteroatoms. The zero-order chi connectivity index (χ0) is 23.5. The van der Waals surface area contributed by atoms with Crippen molar-refractivity contribution in [1.29, 1.82) is 0 Å². The Bertz CT molecular complexity index is 890. The Hall–Kier alpha value is -3.15. The smallest absolute Gasteiger partial charge is 0.254 e. The standard InChI is InChI=1S/C26H35N3O3/c1-5-6-7-21-10-12-22(13-11-21)26(32)29(17-19(2)3)18-25(31)27-16-24(30)28-23-14-8-20(4)9-15-23/h8-15,19H,5-7,16-18H2,1-4H3,(H,27,31)(H,28,30). The van der Waals surface area contributed by atoms with Crippen LogP contribution in [0.15, 0.2) is 48.5 Å². The fraction of sp³-hybridized carbons (Fsp3) is 0.423. The second kappa shape index (κ2) is 12.6. The van der Waals surface area contributed by atoms with E-state index in [2.05, 4.69) is 17.6 Å². The highest BCUT2D eigenvalue weighted by Crippen LogP contribution is 2.12. The van der Waals surface area contributed by atoms with Gasteiger partial charge in [-0.25, -0.2) is 0 Å². The van der Waals surface area contributed by atoms with Crippen LogP contribution in [0.4, 0.5) is 5.69 Å². The van der Waals surface area contributed by atoms with Gasteiger partial charge in [-0.3, -0.25) is 14.4 Å². The van der Waals surface area contributed by atoms with Gasteiger partial charge in [0.05, 0.1) is 13.1 Å². The first-order chi connectivity index (χ1) is 15.3. The van der Waals surface area contributed by atoms with E-state index in [4.69, 9.17) is 0 Å². The SMILES string of the molecule is CCCCc1ccc(C(=O)N(CC(=O)NCC(=O)Nc2ccc(C)cc2)CC(C)C)cc1. The van der Waals surface area contributed by atoms with Crippen molar-refractivity contribution in [2.24, 2.45) is 5.92 Å². The molecule has 2 rings (SSSR count). The molecule has 0 radical (unpaired) electrons. The van der Waals surface area contributed by atoms with Crippen molar-refractivity contribution in [1.82, 2.24) is 10.2 Å². The zero-order valence-corrected chi connectivity index (χ0v) is 19.6. The third kappa shape index (κ3) is 8.53. The molecule has 6 nitrogen and oxygen atoms in total. The maximum Gasteiger partial charge on any atom is 0.254 e. The van der Waals surface area contributed by atoms with Crippen molar-refractivity contribution in [3.05, 3.63) is 65.2 Å². The van der Waals surface area contributed by atoms with E-state index in [1.807, 2.05) is 69.3 Å². The number of amides is 3. The van der Waals surface area contributed by atoms with Crippen molar-refractivity contribution < 1.29 is 14.4 Å². The summed E-state index contributed by atoms with van der Waals surface area (Å²) in [5.74, 6) is -0.648. The number of rotatable bonds is 11. The summed E-state index contributed by atoms with van der Waals surface area (Å²) in [4.78, 5) is 39.1. The Kier molecular flexibility index (Phi) is 9.92. The lowest BCUT2D eigenvalue weighted by molar-refractivity contribution is -0.124. The monoisotopic (exact) mass is 437 g/mol. The fourth-order valence-electron chi connectivity index (χ4n) is 3.29. The van der Waals surface area contributed by atoms with Gasteiger partial charge in [-0.2, -0.15) is 0 Å². The Balaban J connectivity index is 1.92. The molecule has 0 fully saturated rings. The minimum atomic E-state index is -0.363. The van der Waals surface area contributed by atoms with Crippen LogP contribution >= 0.6 is 0 Å². The third-order valence-electron chi connectivity index (χ3n) is 5.01. The van der Waals surface area contributed by atoms with Gasteiger partial charge in [-0.1, -0.05) is 57.0 Å². The van der Waals surface area contributed by atoms with Gasteiger partial charge in [0.2, 0.25) is 11.8 Å². The molecule has 0 bridgehead atoms. The van der Waals surface area contributed by atoms with E-state index in [9.17, 15) is 14.4 Å². The van der Waals surface area contributed by atoms with Crippen molar-refractivity contribution >= 4 is 23.4 Å².